The molecule has 2 unspecified atom stereocenters. The average Bonchev–Trinajstić information content (AvgIpc) is 3.00. The lowest BCUT2D eigenvalue weighted by atomic mass is 9.86. The van der Waals surface area contributed by atoms with Crippen LogP contribution in [0.5, 0.6) is 0 Å². The van der Waals surface area contributed by atoms with Gasteiger partial charge in [0.2, 0.25) is 17.7 Å². The van der Waals surface area contributed by atoms with Crippen molar-refractivity contribution in [3.8, 4) is 0 Å². The summed E-state index contributed by atoms with van der Waals surface area (Å²) in [4.78, 5) is 77.7. The fourth-order valence-corrected chi connectivity index (χ4v) is 4.06. The molecule has 2 aromatic rings. The van der Waals surface area contributed by atoms with Gasteiger partial charge in [-0.3, -0.25) is 24.0 Å². The van der Waals surface area contributed by atoms with E-state index in [2.05, 4.69) is 31.9 Å². The van der Waals surface area contributed by atoms with E-state index in [0.29, 0.717) is 11.1 Å². The Hall–Kier alpha value is -5.46. The van der Waals surface area contributed by atoms with E-state index in [-0.39, 0.29) is 11.4 Å². The number of nitrogens with one attached hydrogen (secondary N) is 6. The Morgan fingerprint density at radius 2 is 1.19 bits per heavy atom. The number of amides is 6. The molecule has 6 N–H and O–H groups in total. The van der Waals surface area contributed by atoms with E-state index in [1.165, 1.54) is 26.1 Å². The molecular weight excluding hydrogens is 616 g/mol. The second-order valence-electron chi connectivity index (χ2n) is 12.9. The minimum Gasteiger partial charge on any atom is -0.444 e. The highest BCUT2D eigenvalue weighted by molar-refractivity contribution is 6.06. The molecule has 13 nitrogen and oxygen atoms in total. The third-order valence-electron chi connectivity index (χ3n) is 6.43. The minimum atomic E-state index is -1.22. The van der Waals surface area contributed by atoms with Crippen molar-refractivity contribution in [3.63, 3.8) is 0 Å². The van der Waals surface area contributed by atoms with Gasteiger partial charge in [-0.05, 0) is 56.4 Å². The van der Waals surface area contributed by atoms with Gasteiger partial charge in [0.1, 0.15) is 35.6 Å². The molecule has 0 aliphatic carbocycles. The van der Waals surface area contributed by atoms with Crippen LogP contribution in [0.15, 0.2) is 72.1 Å². The predicted molar refractivity (Wildman–Crippen MR) is 182 cm³/mol. The summed E-state index contributed by atoms with van der Waals surface area (Å²) in [7, 11) is 1.44. The highest BCUT2D eigenvalue weighted by Crippen LogP contribution is 2.21. The van der Waals surface area contributed by atoms with Crippen molar-refractivity contribution in [3.05, 3.63) is 83.2 Å². The normalized spacial score (nSPS) is 13.2. The SMILES string of the molecule is CNC(=O)C(C)NC(=O)/C(=C\c1ccccc1)NC(=O)C(NC(=O)/C(=C\c1ccccc1)NC(=O)CNC(=O)OC(C)(C)C)C(C)(C)C. The Morgan fingerprint density at radius 3 is 1.65 bits per heavy atom. The second-order valence-corrected chi connectivity index (χ2v) is 12.9. The van der Waals surface area contributed by atoms with Crippen molar-refractivity contribution in [2.75, 3.05) is 13.6 Å². The Balaban J connectivity index is 2.37. The van der Waals surface area contributed by atoms with E-state index >= 15 is 0 Å². The molecule has 0 aliphatic rings. The lowest BCUT2D eigenvalue weighted by molar-refractivity contribution is -0.131. The molecule has 2 rings (SSSR count). The van der Waals surface area contributed by atoms with Crippen molar-refractivity contribution >= 4 is 47.8 Å². The van der Waals surface area contributed by atoms with Gasteiger partial charge in [-0.1, -0.05) is 81.4 Å². The molecule has 0 bridgehead atoms. The van der Waals surface area contributed by atoms with Crippen LogP contribution in [0.4, 0.5) is 4.79 Å². The van der Waals surface area contributed by atoms with Crippen LogP contribution < -0.4 is 31.9 Å². The van der Waals surface area contributed by atoms with Crippen molar-refractivity contribution in [1.82, 2.24) is 31.9 Å². The maximum Gasteiger partial charge on any atom is 0.408 e. The first-order chi connectivity index (χ1) is 22.4. The maximum atomic E-state index is 13.8. The summed E-state index contributed by atoms with van der Waals surface area (Å²) in [6, 6.07) is 15.3. The lowest BCUT2D eigenvalue weighted by Crippen LogP contribution is -2.56. The number of benzene rings is 2. The topological polar surface area (TPSA) is 184 Å². The Kier molecular flexibility index (Phi) is 14.1. The number of ether oxygens (including phenoxy) is 1. The first kappa shape index (κ1) is 38.7. The van der Waals surface area contributed by atoms with Gasteiger partial charge in [0.15, 0.2) is 0 Å². The second kappa shape index (κ2) is 17.5. The van der Waals surface area contributed by atoms with Crippen molar-refractivity contribution in [2.24, 2.45) is 5.41 Å². The monoisotopic (exact) mass is 662 g/mol. The molecule has 0 fully saturated rings. The lowest BCUT2D eigenvalue weighted by Gasteiger charge is -2.31. The summed E-state index contributed by atoms with van der Waals surface area (Å²) in [6.07, 6.45) is 2.06. The molecule has 258 valence electrons. The average molecular weight is 663 g/mol. The summed E-state index contributed by atoms with van der Waals surface area (Å²) in [5, 5.41) is 15.2. The zero-order chi connectivity index (χ0) is 36.1. The molecular formula is C35H46N6O7. The van der Waals surface area contributed by atoms with Crippen LogP contribution in [0.1, 0.15) is 59.6 Å². The molecule has 2 atom stereocenters. The summed E-state index contributed by atoms with van der Waals surface area (Å²) in [5.41, 5.74) is -0.842. The molecule has 0 saturated carbocycles. The first-order valence-corrected chi connectivity index (χ1v) is 15.3. The van der Waals surface area contributed by atoms with Crippen molar-refractivity contribution in [2.45, 2.75) is 66.2 Å². The molecule has 0 radical (unpaired) electrons. The number of rotatable bonds is 12. The van der Waals surface area contributed by atoms with Gasteiger partial charge in [-0.15, -0.1) is 0 Å². The Morgan fingerprint density at radius 1 is 0.708 bits per heavy atom. The standard InChI is InChI=1S/C35H46N6O7/c1-22(29(43)36-8)38-30(44)26(20-24-17-13-10-14-18-24)40-32(46)28(34(2,3)4)41-31(45)25(19-23-15-11-9-12-16-23)39-27(42)21-37-33(47)48-35(5,6)7/h9-20,22,28H,21H2,1-8H3,(H,36,43)(H,37,47)(H,38,44)(H,39,42)(H,40,46)(H,41,45)/b25-19+,26-20+. The van der Waals surface area contributed by atoms with Crippen LogP contribution in [0.3, 0.4) is 0 Å². The number of carbonyl (C=O) groups is 6. The number of hydrogen-bond donors (Lipinski definition) is 6. The predicted octanol–water partition coefficient (Wildman–Crippen LogP) is 2.61. The van der Waals surface area contributed by atoms with Crippen LogP contribution in [0, 0.1) is 5.41 Å². The molecule has 13 heteroatoms. The Bertz CT molecular complexity index is 1520. The molecule has 0 aliphatic heterocycles. The van der Waals surface area contributed by atoms with Crippen LogP contribution in [-0.4, -0.2) is 66.9 Å². The van der Waals surface area contributed by atoms with Crippen LogP contribution in [-0.2, 0) is 28.7 Å². The van der Waals surface area contributed by atoms with E-state index < -0.39 is 65.3 Å². The van der Waals surface area contributed by atoms with Gasteiger partial charge in [0.25, 0.3) is 11.8 Å². The highest BCUT2D eigenvalue weighted by Gasteiger charge is 2.35. The van der Waals surface area contributed by atoms with Crippen molar-refractivity contribution in [1.29, 1.82) is 0 Å². The molecule has 0 spiro atoms. The van der Waals surface area contributed by atoms with Gasteiger partial charge in [-0.25, -0.2) is 4.79 Å². The van der Waals surface area contributed by atoms with Gasteiger partial charge >= 0.3 is 6.09 Å². The van der Waals surface area contributed by atoms with E-state index in [0.717, 1.165) is 0 Å². The molecule has 2 aromatic carbocycles. The smallest absolute Gasteiger partial charge is 0.408 e. The number of hydrogen-bond acceptors (Lipinski definition) is 7. The largest absolute Gasteiger partial charge is 0.444 e. The van der Waals surface area contributed by atoms with Crippen LogP contribution >= 0.6 is 0 Å². The zero-order valence-electron chi connectivity index (χ0n) is 28.6. The fraction of sp³-hybridized carbons (Fsp3) is 0.371. The van der Waals surface area contributed by atoms with Gasteiger partial charge in [0, 0.05) is 7.05 Å². The summed E-state index contributed by atoms with van der Waals surface area (Å²) < 4.78 is 5.16. The van der Waals surface area contributed by atoms with E-state index in [1.54, 1.807) is 102 Å². The first-order valence-electron chi connectivity index (χ1n) is 15.3. The number of alkyl carbamates (subject to hydrolysis) is 1. The van der Waals surface area contributed by atoms with Crippen LogP contribution in [0.2, 0.25) is 0 Å². The Labute approximate surface area is 281 Å². The maximum absolute atomic E-state index is 13.8. The summed E-state index contributed by atoms with van der Waals surface area (Å²) >= 11 is 0. The number of likely N-dealkylation sites (N-methyl/N-ethyl adjacent to an activating group) is 1. The van der Waals surface area contributed by atoms with Crippen molar-refractivity contribution < 1.29 is 33.5 Å². The molecule has 6 amide bonds. The summed E-state index contributed by atoms with van der Waals surface area (Å²) in [5.74, 6) is -3.40. The minimum absolute atomic E-state index is 0.160. The van der Waals surface area contributed by atoms with E-state index in [1.807, 2.05) is 0 Å². The molecule has 0 aromatic heterocycles. The highest BCUT2D eigenvalue weighted by atomic mass is 16.6. The van der Waals surface area contributed by atoms with Crippen LogP contribution in [0.25, 0.3) is 12.2 Å². The zero-order valence-corrected chi connectivity index (χ0v) is 28.6. The van der Waals surface area contributed by atoms with Gasteiger partial charge in [0.05, 0.1) is 0 Å². The van der Waals surface area contributed by atoms with E-state index in [4.69, 9.17) is 4.74 Å². The van der Waals surface area contributed by atoms with Gasteiger partial charge in [-0.2, -0.15) is 0 Å². The quantitative estimate of drug-likeness (QED) is 0.189. The number of carbonyl (C=O) groups excluding carboxylic acids is 6. The van der Waals surface area contributed by atoms with E-state index in [9.17, 15) is 28.8 Å². The fourth-order valence-electron chi connectivity index (χ4n) is 4.06. The summed E-state index contributed by atoms with van der Waals surface area (Å²) in [6.45, 7) is 11.2. The third-order valence-corrected chi connectivity index (χ3v) is 6.43. The molecule has 0 heterocycles. The molecule has 0 saturated heterocycles. The van der Waals surface area contributed by atoms with Gasteiger partial charge < -0.3 is 36.6 Å². The third kappa shape index (κ3) is 13.5. The molecule has 48 heavy (non-hydrogen) atoms.